The molecule has 1 amide bonds. The maximum atomic E-state index is 12.9. The first kappa shape index (κ1) is 20.6. The maximum Gasteiger partial charge on any atom is 0.260 e. The number of aryl methyl sites for hydroxylation is 3. The molecule has 2 aromatic carbocycles. The molecule has 1 aliphatic carbocycles. The molecule has 162 valence electrons. The number of nitrogens with zero attached hydrogens (tertiary/aromatic N) is 1. The molecule has 6 heteroatoms. The number of carbonyl (C=O) groups is 1. The van der Waals surface area contributed by atoms with Crippen LogP contribution in [0.3, 0.4) is 0 Å². The van der Waals surface area contributed by atoms with Gasteiger partial charge in [0, 0.05) is 16.0 Å². The number of rotatable bonds is 4. The SMILES string of the molecule is CCc1c(C)sc2nc(-c3ccc(C(=O)NC4CCCc5ccccc54)cc3)[nH]c(=O)c12. The monoisotopic (exact) mass is 443 g/mol. The highest BCUT2D eigenvalue weighted by Gasteiger charge is 2.22. The van der Waals surface area contributed by atoms with Crippen LogP contribution >= 0.6 is 11.3 Å². The fraction of sp³-hybridized carbons (Fsp3) is 0.269. The van der Waals surface area contributed by atoms with Crippen LogP contribution in [0.25, 0.3) is 21.6 Å². The third-order valence-electron chi connectivity index (χ3n) is 6.31. The van der Waals surface area contributed by atoms with E-state index in [1.54, 1.807) is 23.5 Å². The molecule has 2 N–H and O–H groups in total. The van der Waals surface area contributed by atoms with Crippen LogP contribution in [0.15, 0.2) is 53.3 Å². The van der Waals surface area contributed by atoms with E-state index in [9.17, 15) is 9.59 Å². The van der Waals surface area contributed by atoms with Crippen LogP contribution in [0.4, 0.5) is 0 Å². The molecule has 0 bridgehead atoms. The Morgan fingerprint density at radius 3 is 2.75 bits per heavy atom. The summed E-state index contributed by atoms with van der Waals surface area (Å²) in [5.41, 5.74) is 4.88. The van der Waals surface area contributed by atoms with E-state index in [1.807, 2.05) is 25.1 Å². The second-order valence-corrected chi connectivity index (χ2v) is 9.48. The topological polar surface area (TPSA) is 74.8 Å². The van der Waals surface area contributed by atoms with E-state index in [0.29, 0.717) is 16.8 Å². The van der Waals surface area contributed by atoms with Gasteiger partial charge in [0.05, 0.1) is 11.4 Å². The highest BCUT2D eigenvalue weighted by atomic mass is 32.1. The van der Waals surface area contributed by atoms with Crippen LogP contribution in [-0.4, -0.2) is 15.9 Å². The maximum absolute atomic E-state index is 12.9. The lowest BCUT2D eigenvalue weighted by molar-refractivity contribution is 0.0933. The number of amides is 1. The van der Waals surface area contributed by atoms with Gasteiger partial charge in [-0.25, -0.2) is 4.98 Å². The van der Waals surface area contributed by atoms with Gasteiger partial charge in [0.25, 0.3) is 11.5 Å². The second kappa shape index (κ2) is 8.36. The first-order chi connectivity index (χ1) is 15.5. The van der Waals surface area contributed by atoms with Crippen molar-refractivity contribution in [2.75, 3.05) is 0 Å². The van der Waals surface area contributed by atoms with Crippen LogP contribution in [0, 0.1) is 6.92 Å². The molecular weight excluding hydrogens is 418 g/mol. The Bertz CT molecular complexity index is 1370. The molecule has 5 nitrogen and oxygen atoms in total. The molecule has 1 unspecified atom stereocenters. The van der Waals surface area contributed by atoms with Crippen molar-refractivity contribution in [1.29, 1.82) is 0 Å². The van der Waals surface area contributed by atoms with Crippen LogP contribution in [0.1, 0.15) is 57.7 Å². The second-order valence-electron chi connectivity index (χ2n) is 8.28. The molecule has 1 aliphatic rings. The van der Waals surface area contributed by atoms with E-state index in [-0.39, 0.29) is 17.5 Å². The van der Waals surface area contributed by atoms with Gasteiger partial charge in [-0.1, -0.05) is 43.3 Å². The van der Waals surface area contributed by atoms with Gasteiger partial charge in [-0.2, -0.15) is 0 Å². The summed E-state index contributed by atoms with van der Waals surface area (Å²) >= 11 is 1.55. The number of carbonyl (C=O) groups excluding carboxylic acids is 1. The van der Waals surface area contributed by atoms with Crippen molar-refractivity contribution >= 4 is 27.5 Å². The number of aromatic amines is 1. The number of thiophene rings is 1. The molecule has 2 aromatic heterocycles. The van der Waals surface area contributed by atoms with E-state index >= 15 is 0 Å². The first-order valence-corrected chi connectivity index (χ1v) is 11.9. The zero-order valence-corrected chi connectivity index (χ0v) is 19.0. The number of aromatic nitrogens is 2. The minimum Gasteiger partial charge on any atom is -0.345 e. The smallest absolute Gasteiger partial charge is 0.260 e. The molecule has 1 atom stereocenters. The number of benzene rings is 2. The quantitative estimate of drug-likeness (QED) is 0.448. The lowest BCUT2D eigenvalue weighted by atomic mass is 9.87. The summed E-state index contributed by atoms with van der Waals surface area (Å²) in [5, 5.41) is 3.89. The van der Waals surface area contributed by atoms with E-state index in [1.165, 1.54) is 11.1 Å². The molecule has 0 aliphatic heterocycles. The lowest BCUT2D eigenvalue weighted by Gasteiger charge is -2.26. The average Bonchev–Trinajstić information content (AvgIpc) is 3.14. The predicted octanol–water partition coefficient (Wildman–Crippen LogP) is 5.33. The molecule has 4 aromatic rings. The first-order valence-electron chi connectivity index (χ1n) is 11.1. The van der Waals surface area contributed by atoms with Crippen molar-refractivity contribution in [3.8, 4) is 11.4 Å². The highest BCUT2D eigenvalue weighted by molar-refractivity contribution is 7.18. The van der Waals surface area contributed by atoms with Crippen LogP contribution in [0.5, 0.6) is 0 Å². The zero-order chi connectivity index (χ0) is 22.2. The van der Waals surface area contributed by atoms with E-state index in [2.05, 4.69) is 35.4 Å². The normalized spacial score (nSPS) is 15.5. The largest absolute Gasteiger partial charge is 0.345 e. The number of nitrogens with one attached hydrogen (secondary N) is 2. The highest BCUT2D eigenvalue weighted by Crippen LogP contribution is 2.30. The van der Waals surface area contributed by atoms with Crippen LogP contribution in [0.2, 0.25) is 0 Å². The van der Waals surface area contributed by atoms with Gasteiger partial charge in [-0.05, 0) is 61.4 Å². The third kappa shape index (κ3) is 3.65. The summed E-state index contributed by atoms with van der Waals surface area (Å²) in [5.74, 6) is 0.441. The van der Waals surface area contributed by atoms with Crippen molar-refractivity contribution in [2.45, 2.75) is 45.6 Å². The molecule has 0 saturated heterocycles. The van der Waals surface area contributed by atoms with Crippen molar-refractivity contribution in [1.82, 2.24) is 15.3 Å². The Labute approximate surface area is 190 Å². The minimum atomic E-state index is -0.107. The number of hydrogen-bond donors (Lipinski definition) is 2. The van der Waals surface area contributed by atoms with Gasteiger partial charge in [-0.15, -0.1) is 11.3 Å². The van der Waals surface area contributed by atoms with Crippen molar-refractivity contribution < 1.29 is 4.79 Å². The third-order valence-corrected chi connectivity index (χ3v) is 7.35. The molecule has 5 rings (SSSR count). The van der Waals surface area contributed by atoms with Gasteiger partial charge < -0.3 is 10.3 Å². The Balaban J connectivity index is 1.39. The Hall–Kier alpha value is -3.25. The van der Waals surface area contributed by atoms with Gasteiger partial charge in [-0.3, -0.25) is 9.59 Å². The number of H-pyrrole nitrogens is 1. The Morgan fingerprint density at radius 1 is 1.19 bits per heavy atom. The van der Waals surface area contributed by atoms with E-state index in [4.69, 9.17) is 4.98 Å². The lowest BCUT2D eigenvalue weighted by Crippen LogP contribution is -2.30. The van der Waals surface area contributed by atoms with Gasteiger partial charge in [0.2, 0.25) is 0 Å². The van der Waals surface area contributed by atoms with Gasteiger partial charge in [0.15, 0.2) is 0 Å². The van der Waals surface area contributed by atoms with Crippen LogP contribution in [-0.2, 0) is 12.8 Å². The molecule has 0 fully saturated rings. The van der Waals surface area contributed by atoms with Crippen LogP contribution < -0.4 is 10.9 Å². The molecule has 32 heavy (non-hydrogen) atoms. The Morgan fingerprint density at radius 2 is 1.97 bits per heavy atom. The summed E-state index contributed by atoms with van der Waals surface area (Å²) in [6, 6.07) is 15.6. The fourth-order valence-electron chi connectivity index (χ4n) is 4.66. The van der Waals surface area contributed by atoms with E-state index < -0.39 is 0 Å². The average molecular weight is 444 g/mol. The summed E-state index contributed by atoms with van der Waals surface area (Å²) in [7, 11) is 0. The molecule has 0 radical (unpaired) electrons. The predicted molar refractivity (Wildman–Crippen MR) is 129 cm³/mol. The van der Waals surface area contributed by atoms with Gasteiger partial charge >= 0.3 is 0 Å². The standard InChI is InChI=1S/C26H25N3O2S/c1-3-19-15(2)32-26-22(19)25(31)28-23(29-26)17-11-13-18(14-12-17)24(30)27-21-10-6-8-16-7-4-5-9-20(16)21/h4-5,7,9,11-14,21H,3,6,8,10H2,1-2H3,(H,27,30)(H,28,29,31). The molecule has 0 saturated carbocycles. The number of fused-ring (bicyclic) bond motifs is 2. The fourth-order valence-corrected chi connectivity index (χ4v) is 5.78. The summed E-state index contributed by atoms with van der Waals surface area (Å²) in [4.78, 5) is 35.1. The van der Waals surface area contributed by atoms with Crippen molar-refractivity contribution in [3.63, 3.8) is 0 Å². The van der Waals surface area contributed by atoms with Crippen molar-refractivity contribution in [3.05, 3.63) is 86.0 Å². The van der Waals surface area contributed by atoms with Crippen molar-refractivity contribution in [2.24, 2.45) is 0 Å². The van der Waals surface area contributed by atoms with E-state index in [0.717, 1.165) is 46.5 Å². The van der Waals surface area contributed by atoms with Gasteiger partial charge in [0.1, 0.15) is 10.7 Å². The molecule has 0 spiro atoms. The summed E-state index contributed by atoms with van der Waals surface area (Å²) < 4.78 is 0. The molecular formula is C26H25N3O2S. The zero-order valence-electron chi connectivity index (χ0n) is 18.2. The minimum absolute atomic E-state index is 0.0439. The summed E-state index contributed by atoms with van der Waals surface area (Å²) in [6.07, 6.45) is 3.90. The summed E-state index contributed by atoms with van der Waals surface area (Å²) in [6.45, 7) is 4.08. The Kier molecular flexibility index (Phi) is 5.39. The molecule has 2 heterocycles. The number of hydrogen-bond acceptors (Lipinski definition) is 4.